The van der Waals surface area contributed by atoms with Crippen LogP contribution in [0.5, 0.6) is 28.7 Å². The van der Waals surface area contributed by atoms with E-state index >= 15 is 0 Å². The third-order valence-electron chi connectivity index (χ3n) is 6.14. The highest BCUT2D eigenvalue weighted by atomic mass is 16.5. The summed E-state index contributed by atoms with van der Waals surface area (Å²) >= 11 is 0. The number of hydrogen-bond donors (Lipinski definition) is 3. The molecule has 5 heteroatoms. The molecule has 0 unspecified atom stereocenters. The van der Waals surface area contributed by atoms with Gasteiger partial charge in [0.05, 0.1) is 17.1 Å². The Morgan fingerprint density at radius 3 is 1.65 bits per heavy atom. The second-order valence-corrected chi connectivity index (χ2v) is 8.60. The van der Waals surface area contributed by atoms with Crippen molar-refractivity contribution in [2.75, 3.05) is 4.90 Å². The lowest BCUT2D eigenvalue weighted by Gasteiger charge is -2.31. The molecule has 3 N–H and O–H groups in total. The molecule has 4 rings (SSSR count). The smallest absolute Gasteiger partial charge is 0.151 e. The number of para-hydroxylation sites is 2. The molecule has 0 aliphatic rings. The Balaban J connectivity index is 2.02. The summed E-state index contributed by atoms with van der Waals surface area (Å²) in [6.45, 7) is 9.33. The van der Waals surface area contributed by atoms with Crippen molar-refractivity contribution in [3.05, 3.63) is 94.5 Å². The minimum absolute atomic E-state index is 0.128. The minimum atomic E-state index is 0.128. The number of nitrogens with zero attached hydrogens (tertiary/aromatic N) is 1. The molecular weight excluding hydrogens is 426 g/mol. The van der Waals surface area contributed by atoms with Crippen LogP contribution in [-0.4, -0.2) is 15.3 Å². The van der Waals surface area contributed by atoms with Crippen LogP contribution in [0.25, 0.3) is 0 Å². The van der Waals surface area contributed by atoms with Gasteiger partial charge in [0, 0.05) is 5.56 Å². The number of hydrogen-bond acceptors (Lipinski definition) is 5. The van der Waals surface area contributed by atoms with Gasteiger partial charge in [0.2, 0.25) is 0 Å². The Hall–Kier alpha value is -4.12. The van der Waals surface area contributed by atoms with Gasteiger partial charge in [0.25, 0.3) is 0 Å². The van der Waals surface area contributed by atoms with Gasteiger partial charge in [-0.2, -0.15) is 0 Å². The molecule has 0 atom stereocenters. The van der Waals surface area contributed by atoms with E-state index in [0.29, 0.717) is 34.1 Å². The van der Waals surface area contributed by atoms with Gasteiger partial charge in [-0.1, -0.05) is 42.5 Å². The van der Waals surface area contributed by atoms with Crippen molar-refractivity contribution in [3.63, 3.8) is 0 Å². The van der Waals surface area contributed by atoms with Crippen LogP contribution in [0.3, 0.4) is 0 Å². The van der Waals surface area contributed by atoms with Crippen molar-refractivity contribution < 1.29 is 20.1 Å². The van der Waals surface area contributed by atoms with Gasteiger partial charge in [0.15, 0.2) is 5.75 Å². The number of phenolic OH excluding ortho intramolecular Hbond substituents is 3. The van der Waals surface area contributed by atoms with Crippen LogP contribution < -0.4 is 9.64 Å². The van der Waals surface area contributed by atoms with Gasteiger partial charge in [0.1, 0.15) is 23.0 Å². The Bertz CT molecular complexity index is 1320. The largest absolute Gasteiger partial charge is 0.508 e. The Morgan fingerprint density at radius 1 is 0.559 bits per heavy atom. The molecule has 0 radical (unpaired) electrons. The molecule has 0 fully saturated rings. The molecule has 5 nitrogen and oxygen atoms in total. The van der Waals surface area contributed by atoms with E-state index in [9.17, 15) is 15.3 Å². The van der Waals surface area contributed by atoms with Gasteiger partial charge in [-0.25, -0.2) is 0 Å². The molecule has 4 aromatic carbocycles. The zero-order valence-electron chi connectivity index (χ0n) is 20.0. The molecule has 0 saturated heterocycles. The fourth-order valence-corrected chi connectivity index (χ4v) is 4.04. The van der Waals surface area contributed by atoms with Crippen LogP contribution >= 0.6 is 0 Å². The lowest BCUT2D eigenvalue weighted by atomic mass is 10.0. The van der Waals surface area contributed by atoms with Crippen molar-refractivity contribution >= 4 is 17.1 Å². The first-order chi connectivity index (χ1) is 16.2. The SMILES string of the molecule is Cc1ccc(C)c(N(c2ccccc2Oc2cccc(O)c2C)c2c(C)ccc(C)c2O)c1O. The second-order valence-electron chi connectivity index (χ2n) is 8.60. The third kappa shape index (κ3) is 4.01. The summed E-state index contributed by atoms with van der Waals surface area (Å²) in [6, 6.07) is 20.2. The molecule has 0 aromatic heterocycles. The van der Waals surface area contributed by atoms with Gasteiger partial charge < -0.3 is 20.1 Å². The molecule has 4 aromatic rings. The third-order valence-corrected chi connectivity index (χ3v) is 6.14. The zero-order valence-corrected chi connectivity index (χ0v) is 20.0. The first kappa shape index (κ1) is 23.1. The lowest BCUT2D eigenvalue weighted by Crippen LogP contribution is -2.15. The van der Waals surface area contributed by atoms with Crippen LogP contribution in [0.1, 0.15) is 27.8 Å². The zero-order chi connectivity index (χ0) is 24.6. The number of anilines is 3. The predicted octanol–water partition coefficient (Wildman–Crippen LogP) is 7.61. The van der Waals surface area contributed by atoms with Crippen LogP contribution in [0, 0.1) is 34.6 Å². The summed E-state index contributed by atoms with van der Waals surface area (Å²) in [4.78, 5) is 1.85. The molecule has 0 aliphatic heterocycles. The Kier molecular flexibility index (Phi) is 6.12. The normalized spacial score (nSPS) is 10.9. The number of rotatable bonds is 5. The first-order valence-electron chi connectivity index (χ1n) is 11.1. The summed E-state index contributed by atoms with van der Waals surface area (Å²) in [5, 5.41) is 32.5. The number of benzene rings is 4. The molecule has 0 bridgehead atoms. The fourth-order valence-electron chi connectivity index (χ4n) is 4.04. The summed E-state index contributed by atoms with van der Waals surface area (Å²) < 4.78 is 6.30. The van der Waals surface area contributed by atoms with Crippen molar-refractivity contribution in [2.24, 2.45) is 0 Å². The highest BCUT2D eigenvalue weighted by Crippen LogP contribution is 2.51. The quantitative estimate of drug-likeness (QED) is 0.289. The molecule has 0 amide bonds. The predicted molar refractivity (Wildman–Crippen MR) is 136 cm³/mol. The van der Waals surface area contributed by atoms with Gasteiger partial charge >= 0.3 is 0 Å². The van der Waals surface area contributed by atoms with Crippen molar-refractivity contribution in [3.8, 4) is 28.7 Å². The van der Waals surface area contributed by atoms with E-state index in [1.165, 1.54) is 0 Å². The van der Waals surface area contributed by atoms with Crippen molar-refractivity contribution in [1.82, 2.24) is 0 Å². The molecule has 0 spiro atoms. The Morgan fingerprint density at radius 2 is 1.06 bits per heavy atom. The fraction of sp³-hybridized carbons (Fsp3) is 0.172. The summed E-state index contributed by atoms with van der Waals surface area (Å²) in [6.07, 6.45) is 0. The first-order valence-corrected chi connectivity index (χ1v) is 11.1. The molecule has 0 aliphatic carbocycles. The monoisotopic (exact) mass is 455 g/mol. The van der Waals surface area contributed by atoms with E-state index in [1.54, 1.807) is 25.1 Å². The van der Waals surface area contributed by atoms with E-state index in [-0.39, 0.29) is 17.2 Å². The number of aromatic hydroxyl groups is 3. The number of aryl methyl sites for hydroxylation is 4. The topological polar surface area (TPSA) is 73.2 Å². The standard InChI is InChI=1S/C29H29NO4/c1-17-13-15-19(3)28(32)26(17)30(27-18(2)14-16-20(4)29(27)33)22-9-6-7-11-25(22)34-24-12-8-10-23(31)21(24)5/h6-16,31-33H,1-5H3. The van der Waals surface area contributed by atoms with Crippen LogP contribution in [0.2, 0.25) is 0 Å². The maximum Gasteiger partial charge on any atom is 0.151 e. The maximum absolute atomic E-state index is 11.2. The molecular formula is C29H29NO4. The lowest BCUT2D eigenvalue weighted by molar-refractivity contribution is 0.448. The van der Waals surface area contributed by atoms with E-state index in [4.69, 9.17) is 4.74 Å². The van der Waals surface area contributed by atoms with E-state index < -0.39 is 0 Å². The van der Waals surface area contributed by atoms with Crippen LogP contribution in [0.4, 0.5) is 17.1 Å². The summed E-state index contributed by atoms with van der Waals surface area (Å²) in [7, 11) is 0. The van der Waals surface area contributed by atoms with E-state index in [2.05, 4.69) is 0 Å². The van der Waals surface area contributed by atoms with Gasteiger partial charge in [-0.05, 0) is 81.1 Å². The Labute approximate surface area is 200 Å². The number of ether oxygens (including phenoxy) is 1. The summed E-state index contributed by atoms with van der Waals surface area (Å²) in [5.74, 6) is 1.43. The van der Waals surface area contributed by atoms with Crippen LogP contribution in [-0.2, 0) is 0 Å². The summed E-state index contributed by atoms with van der Waals surface area (Å²) in [5.41, 5.74) is 5.50. The molecule has 34 heavy (non-hydrogen) atoms. The van der Waals surface area contributed by atoms with Gasteiger partial charge in [-0.3, -0.25) is 4.90 Å². The molecule has 0 heterocycles. The highest BCUT2D eigenvalue weighted by molar-refractivity contribution is 5.89. The van der Waals surface area contributed by atoms with E-state index in [1.807, 2.05) is 81.1 Å². The highest BCUT2D eigenvalue weighted by Gasteiger charge is 2.27. The van der Waals surface area contributed by atoms with Crippen molar-refractivity contribution in [2.45, 2.75) is 34.6 Å². The minimum Gasteiger partial charge on any atom is -0.508 e. The van der Waals surface area contributed by atoms with Crippen molar-refractivity contribution in [1.29, 1.82) is 0 Å². The molecule has 174 valence electrons. The van der Waals surface area contributed by atoms with Gasteiger partial charge in [-0.15, -0.1) is 0 Å². The maximum atomic E-state index is 11.2. The van der Waals surface area contributed by atoms with E-state index in [0.717, 1.165) is 22.3 Å². The molecule has 0 saturated carbocycles. The number of phenols is 3. The van der Waals surface area contributed by atoms with Crippen LogP contribution in [0.15, 0.2) is 66.7 Å². The second kappa shape index (κ2) is 9.02. The average Bonchev–Trinajstić information content (AvgIpc) is 2.81. The average molecular weight is 456 g/mol.